The number of para-hydroxylation sites is 1. The second-order valence-electron chi connectivity index (χ2n) is 5.35. The van der Waals surface area contributed by atoms with Crippen LogP contribution >= 0.6 is 0 Å². The normalized spacial score (nSPS) is 10.4. The third kappa shape index (κ3) is 2.88. The Labute approximate surface area is 122 Å². The summed E-state index contributed by atoms with van der Waals surface area (Å²) < 4.78 is 5.78. The SMILES string of the molecule is COB(c1c(C)cc(C)cc1C)N(C)c1ccccc1. The molecule has 3 heteroatoms. The Morgan fingerprint density at radius 2 is 1.50 bits per heavy atom. The molecule has 104 valence electrons. The summed E-state index contributed by atoms with van der Waals surface area (Å²) in [6.45, 7) is 6.44. The molecular weight excluding hydrogens is 245 g/mol. The van der Waals surface area contributed by atoms with E-state index in [4.69, 9.17) is 4.65 Å². The van der Waals surface area contributed by atoms with Crippen LogP contribution in [0.4, 0.5) is 5.69 Å². The molecule has 20 heavy (non-hydrogen) atoms. The van der Waals surface area contributed by atoms with Crippen LogP contribution in [0.15, 0.2) is 42.5 Å². The van der Waals surface area contributed by atoms with Crippen LogP contribution in [0.1, 0.15) is 16.7 Å². The van der Waals surface area contributed by atoms with E-state index in [1.165, 1.54) is 22.2 Å². The number of aryl methyl sites for hydroxylation is 3. The Morgan fingerprint density at radius 3 is 2.00 bits per heavy atom. The van der Waals surface area contributed by atoms with Crippen LogP contribution in [0.5, 0.6) is 0 Å². The van der Waals surface area contributed by atoms with E-state index < -0.39 is 0 Å². The number of hydrogen-bond acceptors (Lipinski definition) is 2. The topological polar surface area (TPSA) is 12.5 Å². The minimum atomic E-state index is -0.0713. The summed E-state index contributed by atoms with van der Waals surface area (Å²) in [7, 11) is 3.77. The van der Waals surface area contributed by atoms with Crippen molar-refractivity contribution in [2.45, 2.75) is 20.8 Å². The number of anilines is 1. The molecular formula is C17H22BNO. The number of nitrogens with zero attached hydrogens (tertiary/aromatic N) is 1. The highest BCUT2D eigenvalue weighted by molar-refractivity contribution is 6.71. The van der Waals surface area contributed by atoms with Gasteiger partial charge in [-0.1, -0.05) is 47.0 Å². The van der Waals surface area contributed by atoms with Gasteiger partial charge in [-0.15, -0.1) is 0 Å². The first-order valence-corrected chi connectivity index (χ1v) is 6.93. The maximum Gasteiger partial charge on any atom is 0.452 e. The zero-order valence-electron chi connectivity index (χ0n) is 13.0. The molecule has 0 spiro atoms. The molecule has 2 rings (SSSR count). The van der Waals surface area contributed by atoms with Gasteiger partial charge in [-0.3, -0.25) is 0 Å². The highest BCUT2D eigenvalue weighted by Crippen LogP contribution is 2.15. The quantitative estimate of drug-likeness (QED) is 0.789. The first-order valence-electron chi connectivity index (χ1n) is 6.93. The highest BCUT2D eigenvalue weighted by atomic mass is 16.4. The van der Waals surface area contributed by atoms with Gasteiger partial charge < -0.3 is 9.47 Å². The summed E-state index contributed by atoms with van der Waals surface area (Å²) in [5, 5.41) is 0. The number of benzene rings is 2. The third-order valence-corrected chi connectivity index (χ3v) is 3.72. The second kappa shape index (κ2) is 6.14. The maximum atomic E-state index is 5.78. The van der Waals surface area contributed by atoms with Crippen molar-refractivity contribution in [3.63, 3.8) is 0 Å². The molecule has 0 heterocycles. The second-order valence-corrected chi connectivity index (χ2v) is 5.35. The Morgan fingerprint density at radius 1 is 0.950 bits per heavy atom. The van der Waals surface area contributed by atoms with Crippen LogP contribution in [0.2, 0.25) is 0 Å². The molecule has 0 atom stereocenters. The molecule has 0 unspecified atom stereocenters. The Bertz CT molecular complexity index is 560. The van der Waals surface area contributed by atoms with Crippen molar-refractivity contribution in [1.82, 2.24) is 0 Å². The van der Waals surface area contributed by atoms with Crippen LogP contribution in [-0.2, 0) is 4.65 Å². The molecule has 0 saturated heterocycles. The molecule has 0 aliphatic heterocycles. The lowest BCUT2D eigenvalue weighted by atomic mass is 9.66. The lowest BCUT2D eigenvalue weighted by molar-refractivity contribution is 0.428. The van der Waals surface area contributed by atoms with Crippen LogP contribution in [-0.4, -0.2) is 21.2 Å². The molecule has 0 aromatic heterocycles. The fraction of sp³-hybridized carbons (Fsp3) is 0.294. The first-order chi connectivity index (χ1) is 9.54. The van der Waals surface area contributed by atoms with E-state index in [0.717, 1.165) is 5.69 Å². The van der Waals surface area contributed by atoms with E-state index in [0.29, 0.717) is 0 Å². The maximum absolute atomic E-state index is 5.78. The summed E-state index contributed by atoms with van der Waals surface area (Å²) in [5.41, 5.74) is 6.25. The van der Waals surface area contributed by atoms with Gasteiger partial charge in [-0.05, 0) is 45.4 Å². The zero-order valence-corrected chi connectivity index (χ0v) is 13.0. The predicted octanol–water partition coefficient (Wildman–Crippen LogP) is 3.09. The van der Waals surface area contributed by atoms with Crippen LogP contribution in [0.25, 0.3) is 0 Å². The summed E-state index contributed by atoms with van der Waals surface area (Å²) in [6.07, 6.45) is 0. The molecule has 0 bridgehead atoms. The number of hydrogen-bond donors (Lipinski definition) is 0. The Hall–Kier alpha value is -1.74. The van der Waals surface area contributed by atoms with E-state index in [2.05, 4.69) is 56.9 Å². The van der Waals surface area contributed by atoms with Crippen LogP contribution < -0.4 is 10.3 Å². The highest BCUT2D eigenvalue weighted by Gasteiger charge is 2.27. The summed E-state index contributed by atoms with van der Waals surface area (Å²) in [4.78, 5) is 2.17. The Balaban J connectivity index is 2.43. The van der Waals surface area contributed by atoms with Crippen LogP contribution in [0.3, 0.4) is 0 Å². The molecule has 0 aliphatic rings. The average Bonchev–Trinajstić information content (AvgIpc) is 2.43. The van der Waals surface area contributed by atoms with Crippen molar-refractivity contribution >= 4 is 18.2 Å². The summed E-state index contributed by atoms with van der Waals surface area (Å²) >= 11 is 0. The van der Waals surface area contributed by atoms with Gasteiger partial charge in [0.2, 0.25) is 0 Å². The van der Waals surface area contributed by atoms with Gasteiger partial charge in [0.1, 0.15) is 0 Å². The van der Waals surface area contributed by atoms with E-state index in [9.17, 15) is 0 Å². The van der Waals surface area contributed by atoms with Gasteiger partial charge in [0.15, 0.2) is 0 Å². The standard InChI is InChI=1S/C17H22BNO/c1-13-11-14(2)17(15(3)12-13)18(20-5)19(4)16-9-7-6-8-10-16/h6-12H,1-5H3. The minimum Gasteiger partial charge on any atom is -0.415 e. The largest absolute Gasteiger partial charge is 0.452 e. The molecule has 0 aliphatic carbocycles. The molecule has 0 N–H and O–H groups in total. The summed E-state index contributed by atoms with van der Waals surface area (Å²) in [5.74, 6) is 0. The van der Waals surface area contributed by atoms with Crippen molar-refractivity contribution in [3.8, 4) is 0 Å². The van der Waals surface area contributed by atoms with E-state index in [-0.39, 0.29) is 7.05 Å². The zero-order chi connectivity index (χ0) is 14.7. The molecule has 2 aromatic rings. The first kappa shape index (κ1) is 14.7. The van der Waals surface area contributed by atoms with Gasteiger partial charge in [-0.25, -0.2) is 0 Å². The monoisotopic (exact) mass is 267 g/mol. The van der Waals surface area contributed by atoms with Crippen molar-refractivity contribution in [2.24, 2.45) is 0 Å². The minimum absolute atomic E-state index is 0.0713. The molecule has 2 nitrogen and oxygen atoms in total. The molecule has 0 fully saturated rings. The van der Waals surface area contributed by atoms with Crippen molar-refractivity contribution in [1.29, 1.82) is 0 Å². The van der Waals surface area contributed by atoms with Crippen LogP contribution in [0, 0.1) is 20.8 Å². The fourth-order valence-corrected chi connectivity index (χ4v) is 2.85. The van der Waals surface area contributed by atoms with Gasteiger partial charge in [0, 0.05) is 12.8 Å². The van der Waals surface area contributed by atoms with E-state index in [1.807, 2.05) is 18.2 Å². The van der Waals surface area contributed by atoms with Gasteiger partial charge in [0.25, 0.3) is 0 Å². The van der Waals surface area contributed by atoms with Gasteiger partial charge in [-0.2, -0.15) is 0 Å². The molecule has 0 amide bonds. The van der Waals surface area contributed by atoms with Crippen molar-refractivity contribution in [3.05, 3.63) is 59.2 Å². The molecule has 0 saturated carbocycles. The fourth-order valence-electron chi connectivity index (χ4n) is 2.85. The molecule has 2 aromatic carbocycles. The molecule has 0 radical (unpaired) electrons. The smallest absolute Gasteiger partial charge is 0.415 e. The van der Waals surface area contributed by atoms with Gasteiger partial charge >= 0.3 is 7.05 Å². The lowest BCUT2D eigenvalue weighted by Gasteiger charge is -2.28. The predicted molar refractivity (Wildman–Crippen MR) is 87.9 cm³/mol. The lowest BCUT2D eigenvalue weighted by Crippen LogP contribution is -2.50. The summed E-state index contributed by atoms with van der Waals surface area (Å²) in [6, 6.07) is 14.8. The van der Waals surface area contributed by atoms with E-state index >= 15 is 0 Å². The van der Waals surface area contributed by atoms with Gasteiger partial charge in [0.05, 0.1) is 0 Å². The third-order valence-electron chi connectivity index (χ3n) is 3.72. The van der Waals surface area contributed by atoms with Crippen molar-refractivity contribution in [2.75, 3.05) is 19.0 Å². The van der Waals surface area contributed by atoms with Crippen molar-refractivity contribution < 1.29 is 4.65 Å². The van der Waals surface area contributed by atoms with E-state index in [1.54, 1.807) is 7.11 Å². The Kier molecular flexibility index (Phi) is 4.51. The number of rotatable bonds is 4. The average molecular weight is 267 g/mol.